The number of hydrogen-bond donors (Lipinski definition) is 0. The van der Waals surface area contributed by atoms with Crippen LogP contribution >= 0.6 is 0 Å². The van der Waals surface area contributed by atoms with E-state index in [0.717, 1.165) is 0 Å². The molecule has 1 aliphatic rings. The summed E-state index contributed by atoms with van der Waals surface area (Å²) in [5.74, 6) is 0. The molecule has 0 aromatic rings. The van der Waals surface area contributed by atoms with Gasteiger partial charge in [0.15, 0.2) is 0 Å². The zero-order valence-electron chi connectivity index (χ0n) is 6.52. The third-order valence-corrected chi connectivity index (χ3v) is 2.50. The summed E-state index contributed by atoms with van der Waals surface area (Å²) in [4.78, 5) is 2.30. The second-order valence-electron chi connectivity index (χ2n) is 3.05. The third kappa shape index (κ3) is 0.958. The quantitative estimate of drug-likeness (QED) is 0.518. The molecule has 1 rings (SSSR count). The Morgan fingerprint density at radius 2 is 2.33 bits per heavy atom. The summed E-state index contributed by atoms with van der Waals surface area (Å²) in [6, 6.07) is 0. The highest BCUT2D eigenvalue weighted by Crippen LogP contribution is 2.27. The minimum Gasteiger partial charge on any atom is -0.375 e. The predicted octanol–water partition coefficient (Wildman–Crippen LogP) is 2.00. The van der Waals surface area contributed by atoms with E-state index in [2.05, 4.69) is 38.1 Å². The molecular weight excluding hydrogens is 110 g/mol. The van der Waals surface area contributed by atoms with Crippen LogP contribution in [0.5, 0.6) is 0 Å². The number of nitrogens with zero attached hydrogens (tertiary/aromatic N) is 1. The molecule has 0 saturated heterocycles. The van der Waals surface area contributed by atoms with Gasteiger partial charge < -0.3 is 4.90 Å². The number of rotatable bonds is 1. The minimum atomic E-state index is 0.417. The highest BCUT2D eigenvalue weighted by molar-refractivity contribution is 5.03. The predicted molar refractivity (Wildman–Crippen MR) is 40.2 cm³/mol. The number of hydrogen-bond acceptors (Lipinski definition) is 1. The van der Waals surface area contributed by atoms with E-state index in [4.69, 9.17) is 0 Å². The molecule has 1 heteroatoms. The molecule has 0 bridgehead atoms. The van der Waals surface area contributed by atoms with Gasteiger partial charge in [-0.2, -0.15) is 0 Å². The van der Waals surface area contributed by atoms with Gasteiger partial charge in [0.25, 0.3) is 0 Å². The Labute approximate surface area is 57.4 Å². The molecule has 0 aliphatic carbocycles. The standard InChI is InChI=1S/C8H15N/c1-4-8(2)6-5-7-9(8)3/h5,7H,4,6H2,1-3H3. The van der Waals surface area contributed by atoms with Crippen LogP contribution in [0.2, 0.25) is 0 Å². The first-order valence-corrected chi connectivity index (χ1v) is 3.58. The molecular formula is C8H15N. The molecule has 0 aromatic carbocycles. The van der Waals surface area contributed by atoms with Gasteiger partial charge in [-0.3, -0.25) is 0 Å². The largest absolute Gasteiger partial charge is 0.375 e. The van der Waals surface area contributed by atoms with Crippen LogP contribution < -0.4 is 0 Å². The second kappa shape index (κ2) is 2.05. The molecule has 0 N–H and O–H groups in total. The van der Waals surface area contributed by atoms with E-state index in [0.29, 0.717) is 5.54 Å². The summed E-state index contributed by atoms with van der Waals surface area (Å²) >= 11 is 0. The van der Waals surface area contributed by atoms with Crippen LogP contribution in [0.15, 0.2) is 12.3 Å². The van der Waals surface area contributed by atoms with Crippen LogP contribution in [-0.4, -0.2) is 17.5 Å². The van der Waals surface area contributed by atoms with Crippen LogP contribution in [0.3, 0.4) is 0 Å². The van der Waals surface area contributed by atoms with Crippen molar-refractivity contribution in [3.63, 3.8) is 0 Å². The maximum Gasteiger partial charge on any atom is 0.0397 e. The van der Waals surface area contributed by atoms with E-state index in [-0.39, 0.29) is 0 Å². The van der Waals surface area contributed by atoms with Crippen molar-refractivity contribution in [2.24, 2.45) is 0 Å². The van der Waals surface area contributed by atoms with E-state index < -0.39 is 0 Å². The van der Waals surface area contributed by atoms with Gasteiger partial charge in [0.2, 0.25) is 0 Å². The van der Waals surface area contributed by atoms with E-state index >= 15 is 0 Å². The van der Waals surface area contributed by atoms with Gasteiger partial charge >= 0.3 is 0 Å². The summed E-state index contributed by atoms with van der Waals surface area (Å²) < 4.78 is 0. The van der Waals surface area contributed by atoms with Crippen molar-refractivity contribution in [3.8, 4) is 0 Å². The maximum absolute atomic E-state index is 2.30. The molecule has 0 fully saturated rings. The van der Waals surface area contributed by atoms with Gasteiger partial charge in [-0.1, -0.05) is 13.0 Å². The van der Waals surface area contributed by atoms with Gasteiger partial charge in [0.05, 0.1) is 0 Å². The van der Waals surface area contributed by atoms with Gasteiger partial charge in [-0.15, -0.1) is 0 Å². The Morgan fingerprint density at radius 3 is 2.56 bits per heavy atom. The van der Waals surface area contributed by atoms with Gasteiger partial charge in [0, 0.05) is 12.6 Å². The van der Waals surface area contributed by atoms with Crippen molar-refractivity contribution in [1.82, 2.24) is 4.90 Å². The van der Waals surface area contributed by atoms with Crippen molar-refractivity contribution < 1.29 is 0 Å². The Morgan fingerprint density at radius 1 is 1.67 bits per heavy atom. The molecule has 0 spiro atoms. The highest BCUT2D eigenvalue weighted by atomic mass is 15.2. The summed E-state index contributed by atoms with van der Waals surface area (Å²) in [6.07, 6.45) is 6.85. The van der Waals surface area contributed by atoms with E-state index in [9.17, 15) is 0 Å². The van der Waals surface area contributed by atoms with Crippen LogP contribution in [0.4, 0.5) is 0 Å². The highest BCUT2D eigenvalue weighted by Gasteiger charge is 2.26. The molecule has 1 heterocycles. The Bertz CT molecular complexity index is 129. The van der Waals surface area contributed by atoms with Crippen LogP contribution in [-0.2, 0) is 0 Å². The van der Waals surface area contributed by atoms with Crippen molar-refractivity contribution >= 4 is 0 Å². The van der Waals surface area contributed by atoms with Crippen molar-refractivity contribution in [2.45, 2.75) is 32.2 Å². The van der Waals surface area contributed by atoms with E-state index in [1.807, 2.05) is 0 Å². The lowest BCUT2D eigenvalue weighted by Crippen LogP contribution is -2.35. The lowest BCUT2D eigenvalue weighted by atomic mass is 9.96. The fourth-order valence-electron chi connectivity index (χ4n) is 1.18. The first-order valence-electron chi connectivity index (χ1n) is 3.58. The SMILES string of the molecule is CCC1(C)CC=CN1C. The second-order valence-corrected chi connectivity index (χ2v) is 3.05. The summed E-state index contributed by atoms with van der Waals surface area (Å²) in [7, 11) is 2.15. The van der Waals surface area contributed by atoms with Crippen molar-refractivity contribution in [3.05, 3.63) is 12.3 Å². The van der Waals surface area contributed by atoms with E-state index in [1.165, 1.54) is 12.8 Å². The monoisotopic (exact) mass is 125 g/mol. The Kier molecular flexibility index (Phi) is 1.52. The molecule has 1 nitrogen and oxygen atoms in total. The topological polar surface area (TPSA) is 3.24 Å². The first-order chi connectivity index (χ1) is 4.19. The normalized spacial score (nSPS) is 33.9. The average molecular weight is 125 g/mol. The third-order valence-electron chi connectivity index (χ3n) is 2.50. The molecule has 1 unspecified atom stereocenters. The van der Waals surface area contributed by atoms with Gasteiger partial charge in [0.1, 0.15) is 0 Å². The maximum atomic E-state index is 2.30. The zero-order valence-corrected chi connectivity index (χ0v) is 6.52. The lowest BCUT2D eigenvalue weighted by molar-refractivity contribution is 0.218. The lowest BCUT2D eigenvalue weighted by Gasteiger charge is -2.32. The Balaban J connectivity index is 2.62. The molecule has 1 aliphatic heterocycles. The summed E-state index contributed by atoms with van der Waals surface area (Å²) in [5, 5.41) is 0. The van der Waals surface area contributed by atoms with Gasteiger partial charge in [-0.25, -0.2) is 0 Å². The summed E-state index contributed by atoms with van der Waals surface area (Å²) in [6.45, 7) is 4.54. The molecule has 0 saturated carbocycles. The van der Waals surface area contributed by atoms with Crippen molar-refractivity contribution in [2.75, 3.05) is 7.05 Å². The molecule has 9 heavy (non-hydrogen) atoms. The molecule has 0 aromatic heterocycles. The fourth-order valence-corrected chi connectivity index (χ4v) is 1.18. The van der Waals surface area contributed by atoms with Crippen LogP contribution in [0.25, 0.3) is 0 Å². The smallest absolute Gasteiger partial charge is 0.0397 e. The summed E-state index contributed by atoms with van der Waals surface area (Å²) in [5.41, 5.74) is 0.417. The molecule has 52 valence electrons. The van der Waals surface area contributed by atoms with Crippen LogP contribution in [0.1, 0.15) is 26.7 Å². The fraction of sp³-hybridized carbons (Fsp3) is 0.750. The molecule has 0 amide bonds. The van der Waals surface area contributed by atoms with Gasteiger partial charge in [-0.05, 0) is 26.0 Å². The Hall–Kier alpha value is -0.460. The van der Waals surface area contributed by atoms with E-state index in [1.54, 1.807) is 0 Å². The average Bonchev–Trinajstić information content (AvgIpc) is 2.15. The van der Waals surface area contributed by atoms with Crippen molar-refractivity contribution in [1.29, 1.82) is 0 Å². The minimum absolute atomic E-state index is 0.417. The zero-order chi connectivity index (χ0) is 6.91. The molecule has 1 atom stereocenters. The first kappa shape index (κ1) is 6.66. The molecule has 0 radical (unpaired) electrons. The van der Waals surface area contributed by atoms with Crippen LogP contribution in [0, 0.1) is 0 Å².